The third kappa shape index (κ3) is 3.43. The molecule has 0 atom stereocenters. The van der Waals surface area contributed by atoms with E-state index in [-0.39, 0.29) is 17.8 Å². The first-order valence-electron chi connectivity index (χ1n) is 10.8. The summed E-state index contributed by atoms with van der Waals surface area (Å²) >= 11 is 0. The van der Waals surface area contributed by atoms with E-state index in [1.54, 1.807) is 25.8 Å². The van der Waals surface area contributed by atoms with Crippen molar-refractivity contribution in [3.63, 3.8) is 0 Å². The summed E-state index contributed by atoms with van der Waals surface area (Å²) in [7, 11) is 3.27. The number of hydrogen-bond acceptors (Lipinski definition) is 5. The fraction of sp³-hybridized carbons (Fsp3) is 0.391. The number of nitrogens with zero attached hydrogens (tertiary/aromatic N) is 6. The number of benzene rings is 1. The standard InChI is InChI=1S/C23H28N6O3/c1-6-16-13-17(7-2)29(25-16)22-24-20-19(21(30)27(8-3)23(31)26(20)4)28(22)14-15-9-11-18(32-5)12-10-15/h9-13H,6-8,14H2,1-5H3. The number of fused-ring (bicyclic) bond motifs is 1. The van der Waals surface area contributed by atoms with Gasteiger partial charge < -0.3 is 4.74 Å². The van der Waals surface area contributed by atoms with Crippen LogP contribution in [0.25, 0.3) is 17.1 Å². The quantitative estimate of drug-likeness (QED) is 0.443. The largest absolute Gasteiger partial charge is 0.497 e. The van der Waals surface area contributed by atoms with E-state index in [1.807, 2.05) is 28.8 Å². The van der Waals surface area contributed by atoms with Gasteiger partial charge in [0, 0.05) is 19.3 Å². The first-order chi connectivity index (χ1) is 15.4. The van der Waals surface area contributed by atoms with Crippen LogP contribution in [0.2, 0.25) is 0 Å². The van der Waals surface area contributed by atoms with Gasteiger partial charge >= 0.3 is 5.69 Å². The molecule has 0 spiro atoms. The van der Waals surface area contributed by atoms with Crippen LogP contribution in [0.4, 0.5) is 0 Å². The van der Waals surface area contributed by atoms with Crippen LogP contribution in [0.15, 0.2) is 39.9 Å². The summed E-state index contributed by atoms with van der Waals surface area (Å²) < 4.78 is 11.6. The second kappa shape index (κ2) is 8.49. The molecule has 3 aromatic heterocycles. The molecule has 1 aromatic carbocycles. The lowest BCUT2D eigenvalue weighted by atomic mass is 10.2. The maximum atomic E-state index is 13.3. The second-order valence-electron chi connectivity index (χ2n) is 7.66. The molecule has 0 unspecified atom stereocenters. The predicted octanol–water partition coefficient (Wildman–Crippen LogP) is 2.28. The van der Waals surface area contributed by atoms with Crippen LogP contribution in [0.1, 0.15) is 37.7 Å². The van der Waals surface area contributed by atoms with Gasteiger partial charge in [-0.1, -0.05) is 26.0 Å². The van der Waals surface area contributed by atoms with Crippen LogP contribution in [0, 0.1) is 0 Å². The zero-order chi connectivity index (χ0) is 23.0. The lowest BCUT2D eigenvalue weighted by Crippen LogP contribution is -2.39. The van der Waals surface area contributed by atoms with Crippen molar-refractivity contribution in [1.82, 2.24) is 28.5 Å². The van der Waals surface area contributed by atoms with E-state index in [9.17, 15) is 9.59 Å². The molecule has 0 amide bonds. The molecule has 0 saturated carbocycles. The van der Waals surface area contributed by atoms with Crippen LogP contribution >= 0.6 is 0 Å². The summed E-state index contributed by atoms with van der Waals surface area (Å²) in [6.45, 7) is 6.58. The molecule has 0 aliphatic carbocycles. The highest BCUT2D eigenvalue weighted by atomic mass is 16.5. The average molecular weight is 437 g/mol. The fourth-order valence-electron chi connectivity index (χ4n) is 3.94. The maximum Gasteiger partial charge on any atom is 0.332 e. The zero-order valence-electron chi connectivity index (χ0n) is 19.1. The predicted molar refractivity (Wildman–Crippen MR) is 123 cm³/mol. The van der Waals surface area contributed by atoms with Crippen LogP contribution < -0.4 is 16.0 Å². The van der Waals surface area contributed by atoms with Crippen molar-refractivity contribution >= 4 is 11.2 Å². The Kier molecular flexibility index (Phi) is 5.73. The van der Waals surface area contributed by atoms with Crippen LogP contribution in [-0.4, -0.2) is 35.6 Å². The number of rotatable bonds is 7. The molecule has 4 rings (SSSR count). The highest BCUT2D eigenvalue weighted by molar-refractivity contribution is 5.73. The molecule has 9 heteroatoms. The minimum atomic E-state index is -0.379. The number of aromatic nitrogens is 6. The Morgan fingerprint density at radius 1 is 1.00 bits per heavy atom. The Bertz CT molecular complexity index is 1390. The van der Waals surface area contributed by atoms with Crippen molar-refractivity contribution < 1.29 is 4.74 Å². The van der Waals surface area contributed by atoms with E-state index in [4.69, 9.17) is 14.8 Å². The number of aryl methyl sites for hydroxylation is 3. The number of hydrogen-bond donors (Lipinski definition) is 0. The maximum absolute atomic E-state index is 13.3. The molecule has 0 N–H and O–H groups in total. The van der Waals surface area contributed by atoms with Crippen molar-refractivity contribution in [2.24, 2.45) is 7.05 Å². The van der Waals surface area contributed by atoms with Crippen molar-refractivity contribution in [3.8, 4) is 11.7 Å². The molecule has 0 aliphatic rings. The lowest BCUT2D eigenvalue weighted by Gasteiger charge is -2.12. The first-order valence-corrected chi connectivity index (χ1v) is 10.8. The SMILES string of the molecule is CCc1cc(CC)n(-c2nc3c(c(=O)n(CC)c(=O)n3C)n2Cc2ccc(OC)cc2)n1. The highest BCUT2D eigenvalue weighted by Crippen LogP contribution is 2.21. The highest BCUT2D eigenvalue weighted by Gasteiger charge is 2.23. The minimum Gasteiger partial charge on any atom is -0.497 e. The Morgan fingerprint density at radius 3 is 2.31 bits per heavy atom. The third-order valence-corrected chi connectivity index (χ3v) is 5.78. The lowest BCUT2D eigenvalue weighted by molar-refractivity contribution is 0.414. The van der Waals surface area contributed by atoms with Gasteiger partial charge in [0.25, 0.3) is 5.56 Å². The van der Waals surface area contributed by atoms with Crippen LogP contribution in [-0.2, 0) is 33.0 Å². The van der Waals surface area contributed by atoms with Crippen LogP contribution in [0.5, 0.6) is 5.75 Å². The molecule has 0 bridgehead atoms. The topological polar surface area (TPSA) is 88.9 Å². The van der Waals surface area contributed by atoms with E-state index in [1.165, 1.54) is 9.13 Å². The monoisotopic (exact) mass is 436 g/mol. The Hall–Kier alpha value is -3.62. The van der Waals surface area contributed by atoms with E-state index >= 15 is 0 Å². The minimum absolute atomic E-state index is 0.284. The number of imidazole rings is 1. The molecule has 0 fully saturated rings. The van der Waals surface area contributed by atoms with Gasteiger partial charge in [0.2, 0.25) is 5.95 Å². The van der Waals surface area contributed by atoms with Crippen LogP contribution in [0.3, 0.4) is 0 Å². The molecular formula is C23H28N6O3. The average Bonchev–Trinajstić information content (AvgIpc) is 3.40. The zero-order valence-corrected chi connectivity index (χ0v) is 19.1. The summed E-state index contributed by atoms with van der Waals surface area (Å²) in [4.78, 5) is 30.8. The summed E-state index contributed by atoms with van der Waals surface area (Å²) in [6, 6.07) is 9.73. The Labute approximate surface area is 185 Å². The van der Waals surface area contributed by atoms with Gasteiger partial charge in [0.1, 0.15) is 5.75 Å². The molecule has 0 radical (unpaired) electrons. The van der Waals surface area contributed by atoms with E-state index in [0.717, 1.165) is 35.5 Å². The molecule has 0 aliphatic heterocycles. The summed E-state index contributed by atoms with van der Waals surface area (Å²) in [5.41, 5.74) is 2.93. The van der Waals surface area contributed by atoms with Gasteiger partial charge in [-0.05, 0) is 43.5 Å². The van der Waals surface area contributed by atoms with Gasteiger partial charge in [0.05, 0.1) is 19.3 Å². The Balaban J connectivity index is 2.04. The second-order valence-corrected chi connectivity index (χ2v) is 7.66. The van der Waals surface area contributed by atoms with Gasteiger partial charge in [-0.15, -0.1) is 0 Å². The van der Waals surface area contributed by atoms with E-state index < -0.39 is 0 Å². The van der Waals surface area contributed by atoms with Crippen molar-refractivity contribution in [2.75, 3.05) is 7.11 Å². The summed E-state index contributed by atoms with van der Waals surface area (Å²) in [6.07, 6.45) is 1.55. The number of ether oxygens (including phenoxy) is 1. The molecule has 168 valence electrons. The molecule has 32 heavy (non-hydrogen) atoms. The van der Waals surface area contributed by atoms with Crippen molar-refractivity contribution in [1.29, 1.82) is 0 Å². The first kappa shape index (κ1) is 21.6. The molecule has 9 nitrogen and oxygen atoms in total. The Morgan fingerprint density at radius 2 is 1.72 bits per heavy atom. The van der Waals surface area contributed by atoms with Crippen molar-refractivity contribution in [2.45, 2.75) is 46.7 Å². The van der Waals surface area contributed by atoms with Gasteiger partial charge in [-0.2, -0.15) is 10.1 Å². The fourth-order valence-corrected chi connectivity index (χ4v) is 3.94. The molecule has 0 saturated heterocycles. The van der Waals surface area contributed by atoms with E-state index in [2.05, 4.69) is 19.9 Å². The van der Waals surface area contributed by atoms with Gasteiger partial charge in [-0.25, -0.2) is 9.48 Å². The normalized spacial score (nSPS) is 11.4. The molecule has 3 heterocycles. The molecular weight excluding hydrogens is 408 g/mol. The van der Waals surface area contributed by atoms with Gasteiger partial charge in [-0.3, -0.25) is 18.5 Å². The summed E-state index contributed by atoms with van der Waals surface area (Å²) in [5, 5.41) is 4.74. The number of methoxy groups -OCH3 is 1. The van der Waals surface area contributed by atoms with Crippen molar-refractivity contribution in [3.05, 3.63) is 68.1 Å². The van der Waals surface area contributed by atoms with E-state index in [0.29, 0.717) is 23.7 Å². The molecule has 4 aromatic rings. The smallest absolute Gasteiger partial charge is 0.332 e. The summed E-state index contributed by atoms with van der Waals surface area (Å²) in [5.74, 6) is 1.28. The third-order valence-electron chi connectivity index (χ3n) is 5.78. The van der Waals surface area contributed by atoms with Gasteiger partial charge in [0.15, 0.2) is 11.2 Å².